The van der Waals surface area contributed by atoms with Crippen molar-refractivity contribution in [3.05, 3.63) is 60.1 Å². The summed E-state index contributed by atoms with van der Waals surface area (Å²) in [5.41, 5.74) is 2.00. The number of benzene rings is 1. The van der Waals surface area contributed by atoms with E-state index in [2.05, 4.69) is 30.2 Å². The molecule has 1 unspecified atom stereocenters. The minimum atomic E-state index is -4.56. The van der Waals surface area contributed by atoms with E-state index in [1.165, 1.54) is 10.9 Å². The second kappa shape index (κ2) is 12.7. The molecule has 0 amide bonds. The van der Waals surface area contributed by atoms with Crippen molar-refractivity contribution >= 4 is 17.0 Å². The Bertz CT molecular complexity index is 1910. The van der Waals surface area contributed by atoms with E-state index >= 15 is 0 Å². The standard InChI is InChI=1S/C32H32F5N9O2/c1-17(2)45-14-21(32(35,36)37)42-29(45)20-8-6-18(7-9-20)13-38-27-25-28(41-16-46(25)22-5-3-4-12-47-22)44-26(43-27)23-24(19-10-11-19)39-15-40-30(23)48-31(33)34/h6-9,14-17,19,22,31H,3-5,10-13H2,1-2H3,(H,38,43,44). The Morgan fingerprint density at radius 2 is 1.79 bits per heavy atom. The molecule has 0 bridgehead atoms. The summed E-state index contributed by atoms with van der Waals surface area (Å²) in [5, 5.41) is 3.35. The fourth-order valence-corrected chi connectivity index (χ4v) is 5.87. The molecule has 1 aliphatic carbocycles. The molecule has 16 heteroatoms. The van der Waals surface area contributed by atoms with Crippen LogP contribution in [0.4, 0.5) is 27.8 Å². The molecule has 5 heterocycles. The summed E-state index contributed by atoms with van der Waals surface area (Å²) in [6.07, 6.45) is 3.36. The summed E-state index contributed by atoms with van der Waals surface area (Å²) in [5.74, 6) is 0.419. The Labute approximate surface area is 271 Å². The molecule has 0 spiro atoms. The Balaban J connectivity index is 1.25. The molecule has 7 rings (SSSR count). The first-order valence-corrected chi connectivity index (χ1v) is 15.7. The highest BCUT2D eigenvalue weighted by Gasteiger charge is 2.36. The third-order valence-electron chi connectivity index (χ3n) is 8.38. The number of imidazole rings is 2. The molecular weight excluding hydrogens is 637 g/mol. The van der Waals surface area contributed by atoms with Crippen molar-refractivity contribution in [2.45, 2.75) is 83.5 Å². The summed E-state index contributed by atoms with van der Waals surface area (Å²) >= 11 is 0. The molecule has 0 radical (unpaired) electrons. The van der Waals surface area contributed by atoms with E-state index in [0.29, 0.717) is 34.8 Å². The van der Waals surface area contributed by atoms with Crippen LogP contribution < -0.4 is 10.1 Å². The van der Waals surface area contributed by atoms with Gasteiger partial charge in [0.15, 0.2) is 23.0 Å². The van der Waals surface area contributed by atoms with Gasteiger partial charge in [-0.3, -0.25) is 4.57 Å². The zero-order chi connectivity index (χ0) is 33.6. The first-order chi connectivity index (χ1) is 23.1. The molecule has 5 aromatic rings. The second-order valence-electron chi connectivity index (χ2n) is 12.1. The summed E-state index contributed by atoms with van der Waals surface area (Å²) in [6, 6.07) is 6.79. The monoisotopic (exact) mass is 669 g/mol. The Kier molecular flexibility index (Phi) is 8.43. The fourth-order valence-electron chi connectivity index (χ4n) is 5.87. The molecule has 1 saturated carbocycles. The van der Waals surface area contributed by atoms with Crippen LogP contribution in [-0.2, 0) is 17.5 Å². The van der Waals surface area contributed by atoms with Crippen molar-refractivity contribution in [2.24, 2.45) is 0 Å². The fraction of sp³-hybridized carbons (Fsp3) is 0.438. The van der Waals surface area contributed by atoms with Crippen LogP contribution in [-0.4, -0.2) is 52.3 Å². The number of aromatic nitrogens is 8. The minimum absolute atomic E-state index is 0.0453. The highest BCUT2D eigenvalue weighted by atomic mass is 19.4. The average Bonchev–Trinajstić information content (AvgIpc) is 3.64. The third kappa shape index (κ3) is 6.40. The number of nitrogens with zero attached hydrogens (tertiary/aromatic N) is 8. The van der Waals surface area contributed by atoms with Gasteiger partial charge in [0.25, 0.3) is 0 Å². The SMILES string of the molecule is CC(C)n1cc(C(F)(F)F)nc1-c1ccc(CNc2nc(-c3c(OC(F)F)ncnc3C3CC3)nc3ncn(C4CCCCO4)c23)cc1. The van der Waals surface area contributed by atoms with Crippen LogP contribution in [0.1, 0.15) is 81.1 Å². The van der Waals surface area contributed by atoms with Crippen molar-refractivity contribution in [3.8, 4) is 28.7 Å². The molecule has 2 aliphatic rings. The van der Waals surface area contributed by atoms with E-state index in [9.17, 15) is 22.0 Å². The molecule has 1 N–H and O–H groups in total. The van der Waals surface area contributed by atoms with Crippen LogP contribution in [0.3, 0.4) is 0 Å². The van der Waals surface area contributed by atoms with Crippen LogP contribution >= 0.6 is 0 Å². The van der Waals surface area contributed by atoms with E-state index in [4.69, 9.17) is 14.5 Å². The van der Waals surface area contributed by atoms with Crippen LogP contribution in [0, 0.1) is 0 Å². The van der Waals surface area contributed by atoms with Crippen LogP contribution in [0.5, 0.6) is 5.88 Å². The van der Waals surface area contributed by atoms with Gasteiger partial charge >= 0.3 is 12.8 Å². The average molecular weight is 670 g/mol. The molecule has 48 heavy (non-hydrogen) atoms. The number of alkyl halides is 5. The normalized spacial score (nSPS) is 17.1. The highest BCUT2D eigenvalue weighted by Crippen LogP contribution is 2.45. The zero-order valence-corrected chi connectivity index (χ0v) is 26.1. The van der Waals surface area contributed by atoms with E-state index in [0.717, 1.165) is 43.9 Å². The van der Waals surface area contributed by atoms with Gasteiger partial charge in [0, 0.05) is 36.9 Å². The molecule has 4 aromatic heterocycles. The number of anilines is 1. The second-order valence-corrected chi connectivity index (χ2v) is 12.1. The quantitative estimate of drug-likeness (QED) is 0.151. The van der Waals surface area contributed by atoms with Crippen LogP contribution in [0.15, 0.2) is 43.1 Å². The maximum atomic E-state index is 13.4. The van der Waals surface area contributed by atoms with E-state index in [1.807, 2.05) is 4.57 Å². The maximum Gasteiger partial charge on any atom is 0.434 e. The van der Waals surface area contributed by atoms with Crippen molar-refractivity contribution in [3.63, 3.8) is 0 Å². The Hall–Kier alpha value is -4.73. The van der Waals surface area contributed by atoms with Gasteiger partial charge in [-0.05, 0) is 51.5 Å². The van der Waals surface area contributed by atoms with Gasteiger partial charge in [0.2, 0.25) is 5.88 Å². The molecule has 2 fully saturated rings. The van der Waals surface area contributed by atoms with Crippen LogP contribution in [0.2, 0.25) is 0 Å². The van der Waals surface area contributed by atoms with Gasteiger partial charge in [0.05, 0.1) is 12.0 Å². The molecule has 1 aliphatic heterocycles. The molecular formula is C32H32F5N9O2. The van der Waals surface area contributed by atoms with Crippen LogP contribution in [0.25, 0.3) is 33.9 Å². The van der Waals surface area contributed by atoms with Gasteiger partial charge in [-0.2, -0.15) is 22.0 Å². The van der Waals surface area contributed by atoms with Crippen molar-refractivity contribution in [1.82, 2.24) is 39.0 Å². The summed E-state index contributed by atoms with van der Waals surface area (Å²) in [4.78, 5) is 26.3. The number of hydrogen-bond donors (Lipinski definition) is 1. The number of halogens is 5. The number of fused-ring (bicyclic) bond motifs is 1. The number of hydrogen-bond acceptors (Lipinski definition) is 9. The molecule has 1 saturated heterocycles. The summed E-state index contributed by atoms with van der Waals surface area (Å²) in [6.45, 7) is 1.33. The largest absolute Gasteiger partial charge is 0.434 e. The molecule has 11 nitrogen and oxygen atoms in total. The topological polar surface area (TPSA) is 118 Å². The lowest BCUT2D eigenvalue weighted by Gasteiger charge is -2.24. The first-order valence-electron chi connectivity index (χ1n) is 15.7. The van der Waals surface area contributed by atoms with E-state index in [-0.39, 0.29) is 47.8 Å². The number of ether oxygens (including phenoxy) is 2. The summed E-state index contributed by atoms with van der Waals surface area (Å²) < 4.78 is 81.4. The van der Waals surface area contributed by atoms with E-state index < -0.39 is 18.5 Å². The Morgan fingerprint density at radius 3 is 2.46 bits per heavy atom. The summed E-state index contributed by atoms with van der Waals surface area (Å²) in [7, 11) is 0. The zero-order valence-electron chi connectivity index (χ0n) is 26.1. The maximum absolute atomic E-state index is 13.4. The number of rotatable bonds is 10. The van der Waals surface area contributed by atoms with Gasteiger partial charge in [0.1, 0.15) is 29.5 Å². The molecule has 252 valence electrons. The lowest BCUT2D eigenvalue weighted by Crippen LogP contribution is -2.18. The first kappa shape index (κ1) is 31.8. The third-order valence-corrected chi connectivity index (χ3v) is 8.38. The van der Waals surface area contributed by atoms with Gasteiger partial charge < -0.3 is 19.4 Å². The van der Waals surface area contributed by atoms with Gasteiger partial charge in [-0.1, -0.05) is 24.3 Å². The predicted octanol–water partition coefficient (Wildman–Crippen LogP) is 7.54. The van der Waals surface area contributed by atoms with Crippen molar-refractivity contribution < 1.29 is 31.4 Å². The van der Waals surface area contributed by atoms with Gasteiger partial charge in [-0.25, -0.2) is 29.9 Å². The lowest BCUT2D eigenvalue weighted by molar-refractivity contribution is -0.140. The molecule has 1 atom stereocenters. The highest BCUT2D eigenvalue weighted by molar-refractivity contribution is 5.86. The Morgan fingerprint density at radius 1 is 1.00 bits per heavy atom. The molecule has 1 aromatic carbocycles. The van der Waals surface area contributed by atoms with Crippen molar-refractivity contribution in [2.75, 3.05) is 11.9 Å². The minimum Gasteiger partial charge on any atom is -0.416 e. The lowest BCUT2D eigenvalue weighted by atomic mass is 10.1. The smallest absolute Gasteiger partial charge is 0.416 e. The van der Waals surface area contributed by atoms with Gasteiger partial charge in [-0.15, -0.1) is 0 Å². The van der Waals surface area contributed by atoms with Crippen molar-refractivity contribution in [1.29, 1.82) is 0 Å². The number of nitrogens with one attached hydrogen (secondary N) is 1. The van der Waals surface area contributed by atoms with E-state index in [1.54, 1.807) is 44.4 Å². The predicted molar refractivity (Wildman–Crippen MR) is 164 cm³/mol.